The summed E-state index contributed by atoms with van der Waals surface area (Å²) in [4.78, 5) is 27.9. The third kappa shape index (κ3) is 7.10. The maximum atomic E-state index is 13.8. The van der Waals surface area contributed by atoms with Gasteiger partial charge in [0.05, 0.1) is 4.90 Å². The van der Waals surface area contributed by atoms with Gasteiger partial charge in [-0.05, 0) is 67.5 Å². The Hall–Kier alpha value is -3.66. The second kappa shape index (κ2) is 13.6. The van der Waals surface area contributed by atoms with Crippen LogP contribution < -0.4 is 15.0 Å². The van der Waals surface area contributed by atoms with E-state index in [0.717, 1.165) is 9.88 Å². The first kappa shape index (κ1) is 30.9. The average molecular weight is 584 g/mol. The number of likely N-dealkylation sites (N-methyl/N-ethyl adjacent to an activating group) is 2. The summed E-state index contributed by atoms with van der Waals surface area (Å²) in [5.74, 6) is 0.0156. The van der Waals surface area contributed by atoms with Crippen LogP contribution in [0.15, 0.2) is 106 Å². The molecule has 1 unspecified atom stereocenters. The third-order valence-electron chi connectivity index (χ3n) is 6.34. The monoisotopic (exact) mass is 583 g/mol. The molecule has 0 aliphatic carbocycles. The molecule has 2 aromatic carbocycles. The minimum absolute atomic E-state index is 0.0221. The summed E-state index contributed by atoms with van der Waals surface area (Å²) in [6.45, 7) is 7.55. The zero-order chi connectivity index (χ0) is 29.4. The highest BCUT2D eigenvalue weighted by Crippen LogP contribution is 2.29. The van der Waals surface area contributed by atoms with Crippen molar-refractivity contribution >= 4 is 39.1 Å². The number of anilines is 1. The second-order valence-corrected chi connectivity index (χ2v) is 11.4. The number of sulfonamides is 1. The Morgan fingerprint density at radius 3 is 2.38 bits per heavy atom. The van der Waals surface area contributed by atoms with Gasteiger partial charge in [0.2, 0.25) is 15.9 Å². The molecule has 1 atom stereocenters. The number of nitrogens with one attached hydrogen (secondary N) is 1. The SMILES string of the molecule is C=C(C)/C(Cl)=C\C=C(/CC)Oc1ccc(S(=O)(=O)N2CCC=C(C(=O)N(C)c3ccccc3)C2C(=O)NC)cc1. The Morgan fingerprint density at radius 1 is 1.15 bits per heavy atom. The van der Waals surface area contributed by atoms with Gasteiger partial charge in [0.25, 0.3) is 5.91 Å². The van der Waals surface area contributed by atoms with Crippen molar-refractivity contribution in [3.05, 3.63) is 101 Å². The first-order valence-electron chi connectivity index (χ1n) is 12.8. The zero-order valence-corrected chi connectivity index (χ0v) is 24.6. The predicted molar refractivity (Wildman–Crippen MR) is 158 cm³/mol. The molecule has 0 saturated heterocycles. The Labute approximate surface area is 241 Å². The lowest BCUT2D eigenvalue weighted by atomic mass is 9.99. The van der Waals surface area contributed by atoms with Crippen molar-refractivity contribution in [1.29, 1.82) is 0 Å². The number of rotatable bonds is 10. The van der Waals surface area contributed by atoms with Gasteiger partial charge in [-0.3, -0.25) is 9.59 Å². The standard InChI is InChI=1S/C30H34ClN3O5S/c1-6-23(16-19-27(31)21(2)3)39-24-14-17-25(18-15-24)40(37,38)34-20-10-13-26(28(34)29(35)32-4)30(36)33(5)22-11-8-7-9-12-22/h7-9,11-19,28H,2,6,10,20H2,1,3-5H3,(H,32,35)/b23-16+,27-19+. The van der Waals surface area contributed by atoms with E-state index in [4.69, 9.17) is 16.3 Å². The van der Waals surface area contributed by atoms with Crippen LogP contribution >= 0.6 is 11.6 Å². The Morgan fingerprint density at radius 2 is 1.80 bits per heavy atom. The lowest BCUT2D eigenvalue weighted by molar-refractivity contribution is -0.125. The molecule has 1 aliphatic rings. The van der Waals surface area contributed by atoms with Crippen LogP contribution in [0, 0.1) is 0 Å². The molecule has 2 amide bonds. The van der Waals surface area contributed by atoms with E-state index < -0.39 is 27.9 Å². The Kier molecular flexibility index (Phi) is 10.5. The van der Waals surface area contributed by atoms with Crippen LogP contribution in [-0.2, 0) is 19.6 Å². The summed E-state index contributed by atoms with van der Waals surface area (Å²) in [5.41, 5.74) is 1.44. The van der Waals surface area contributed by atoms with Gasteiger partial charge >= 0.3 is 0 Å². The van der Waals surface area contributed by atoms with Crippen LogP contribution in [0.5, 0.6) is 5.75 Å². The molecule has 212 valence electrons. The van der Waals surface area contributed by atoms with Gasteiger partial charge in [0.15, 0.2) is 0 Å². The van der Waals surface area contributed by atoms with E-state index >= 15 is 0 Å². The quantitative estimate of drug-likeness (QED) is 0.308. The van der Waals surface area contributed by atoms with Crippen molar-refractivity contribution in [3.63, 3.8) is 0 Å². The number of ether oxygens (including phenoxy) is 1. The van der Waals surface area contributed by atoms with Gasteiger partial charge in [-0.1, -0.05) is 49.4 Å². The highest BCUT2D eigenvalue weighted by atomic mass is 35.5. The number of hydrogen-bond donors (Lipinski definition) is 1. The summed E-state index contributed by atoms with van der Waals surface area (Å²) in [7, 11) is -1.15. The molecule has 0 bridgehead atoms. The number of halogens is 1. The van der Waals surface area contributed by atoms with E-state index in [9.17, 15) is 18.0 Å². The smallest absolute Gasteiger partial charge is 0.255 e. The lowest BCUT2D eigenvalue weighted by Crippen LogP contribution is -2.54. The van der Waals surface area contributed by atoms with Gasteiger partial charge < -0.3 is 15.0 Å². The number of amides is 2. The average Bonchev–Trinajstić information content (AvgIpc) is 2.98. The molecule has 0 radical (unpaired) electrons. The second-order valence-electron chi connectivity index (χ2n) is 9.14. The molecule has 0 fully saturated rings. The molecule has 40 heavy (non-hydrogen) atoms. The highest BCUT2D eigenvalue weighted by molar-refractivity contribution is 7.89. The minimum atomic E-state index is -4.15. The first-order chi connectivity index (χ1) is 19.0. The molecule has 10 heteroatoms. The number of nitrogens with zero attached hydrogens (tertiary/aromatic N) is 2. The molecule has 1 heterocycles. The number of carbonyl (C=O) groups excluding carboxylic acids is 2. The number of benzene rings is 2. The van der Waals surface area contributed by atoms with Crippen molar-refractivity contribution in [1.82, 2.24) is 9.62 Å². The molecular formula is C30H34ClN3O5S. The third-order valence-corrected chi connectivity index (χ3v) is 8.66. The lowest BCUT2D eigenvalue weighted by Gasteiger charge is -2.35. The minimum Gasteiger partial charge on any atom is -0.462 e. The van der Waals surface area contributed by atoms with E-state index in [0.29, 0.717) is 28.6 Å². The fraction of sp³-hybridized carbons (Fsp3) is 0.267. The molecule has 2 aromatic rings. The molecule has 0 spiro atoms. The maximum absolute atomic E-state index is 13.8. The van der Waals surface area contributed by atoms with E-state index in [1.165, 1.54) is 24.1 Å². The van der Waals surface area contributed by atoms with Crippen molar-refractivity contribution in [2.45, 2.75) is 37.6 Å². The molecule has 8 nitrogen and oxygen atoms in total. The Bertz CT molecular complexity index is 1450. The summed E-state index contributed by atoms with van der Waals surface area (Å²) in [6.07, 6.45) is 5.93. The molecule has 1 aliphatic heterocycles. The van der Waals surface area contributed by atoms with Gasteiger partial charge in [-0.2, -0.15) is 4.31 Å². The van der Waals surface area contributed by atoms with Crippen molar-refractivity contribution in [2.24, 2.45) is 0 Å². The summed E-state index contributed by atoms with van der Waals surface area (Å²) in [5, 5.41) is 3.02. The van der Waals surface area contributed by atoms with Crippen molar-refractivity contribution in [3.8, 4) is 5.75 Å². The molecule has 1 N–H and O–H groups in total. The fourth-order valence-electron chi connectivity index (χ4n) is 4.08. The molecular weight excluding hydrogens is 550 g/mol. The molecule has 3 rings (SSSR count). The van der Waals surface area contributed by atoms with Crippen molar-refractivity contribution < 1.29 is 22.7 Å². The maximum Gasteiger partial charge on any atom is 0.255 e. The number of hydrogen-bond acceptors (Lipinski definition) is 5. The number of carbonyl (C=O) groups is 2. The summed E-state index contributed by atoms with van der Waals surface area (Å²) < 4.78 is 34.5. The van der Waals surface area contributed by atoms with E-state index in [1.54, 1.807) is 68.6 Å². The largest absolute Gasteiger partial charge is 0.462 e. The zero-order valence-electron chi connectivity index (χ0n) is 23.1. The summed E-state index contributed by atoms with van der Waals surface area (Å²) in [6, 6.07) is 13.6. The summed E-state index contributed by atoms with van der Waals surface area (Å²) >= 11 is 6.12. The van der Waals surface area contributed by atoms with Crippen LogP contribution in [-0.4, -0.2) is 51.2 Å². The van der Waals surface area contributed by atoms with Gasteiger partial charge in [-0.15, -0.1) is 0 Å². The predicted octanol–water partition coefficient (Wildman–Crippen LogP) is 5.16. The normalized spacial score (nSPS) is 16.6. The van der Waals surface area contributed by atoms with Crippen molar-refractivity contribution in [2.75, 3.05) is 25.5 Å². The van der Waals surface area contributed by atoms with Gasteiger partial charge in [0, 0.05) is 43.4 Å². The van der Waals surface area contributed by atoms with Crippen LogP contribution in [0.4, 0.5) is 5.69 Å². The van der Waals surface area contributed by atoms with Crippen LogP contribution in [0.1, 0.15) is 26.7 Å². The first-order valence-corrected chi connectivity index (χ1v) is 14.6. The van der Waals surface area contributed by atoms with Crippen LogP contribution in [0.25, 0.3) is 0 Å². The highest BCUT2D eigenvalue weighted by Gasteiger charge is 2.42. The van der Waals surface area contributed by atoms with E-state index in [-0.39, 0.29) is 23.4 Å². The van der Waals surface area contributed by atoms with Gasteiger partial charge in [-0.25, -0.2) is 8.42 Å². The van der Waals surface area contributed by atoms with Crippen LogP contribution in [0.2, 0.25) is 0 Å². The van der Waals surface area contributed by atoms with Gasteiger partial charge in [0.1, 0.15) is 17.6 Å². The molecule has 0 saturated carbocycles. The van der Waals surface area contributed by atoms with E-state index in [2.05, 4.69) is 11.9 Å². The topological polar surface area (TPSA) is 96.0 Å². The molecule has 0 aromatic heterocycles. The fourth-order valence-corrected chi connectivity index (χ4v) is 5.72. The number of para-hydroxylation sites is 1. The van der Waals surface area contributed by atoms with Crippen LogP contribution in [0.3, 0.4) is 0 Å². The van der Waals surface area contributed by atoms with E-state index in [1.807, 2.05) is 13.0 Å². The Balaban J connectivity index is 1.89. The number of allylic oxidation sites excluding steroid dienone is 5.